The summed E-state index contributed by atoms with van der Waals surface area (Å²) in [4.78, 5) is 15.3. The highest BCUT2D eigenvalue weighted by Crippen LogP contribution is 2.29. The largest absolute Gasteiger partial charge is 0.492 e. The number of carbonyl (C=O) groups is 1. The summed E-state index contributed by atoms with van der Waals surface area (Å²) >= 11 is 0. The van der Waals surface area contributed by atoms with Crippen LogP contribution in [0.3, 0.4) is 0 Å². The van der Waals surface area contributed by atoms with Gasteiger partial charge in [-0.15, -0.1) is 0 Å². The van der Waals surface area contributed by atoms with E-state index in [9.17, 15) is 9.90 Å². The Morgan fingerprint density at radius 2 is 1.81 bits per heavy atom. The lowest BCUT2D eigenvalue weighted by Gasteiger charge is -2.35. The van der Waals surface area contributed by atoms with E-state index in [0.717, 1.165) is 5.56 Å². The number of anilines is 1. The predicted octanol–water partition coefficient (Wildman–Crippen LogP) is 3.22. The lowest BCUT2D eigenvalue weighted by atomic mass is 9.99. The minimum atomic E-state index is -0.390. The van der Waals surface area contributed by atoms with Crippen LogP contribution in [-0.2, 0) is 4.79 Å². The minimum Gasteiger partial charge on any atom is -0.492 e. The number of para-hydroxylation sites is 2. The highest BCUT2D eigenvalue weighted by Gasteiger charge is 2.31. The van der Waals surface area contributed by atoms with Crippen LogP contribution < -0.4 is 10.1 Å². The number of carbonyl (C=O) groups excluding carboxylic acids is 1. The Kier molecular flexibility index (Phi) is 6.26. The van der Waals surface area contributed by atoms with Crippen LogP contribution in [0.15, 0.2) is 54.6 Å². The van der Waals surface area contributed by atoms with Gasteiger partial charge in [0.15, 0.2) is 0 Å². The fraction of sp³-hybridized carbons (Fsp3) is 0.381. The molecular formula is C21H26N2O3. The zero-order chi connectivity index (χ0) is 18.4. The van der Waals surface area contributed by atoms with E-state index < -0.39 is 6.04 Å². The van der Waals surface area contributed by atoms with Crippen LogP contribution >= 0.6 is 0 Å². The molecule has 0 spiro atoms. The highest BCUT2D eigenvalue weighted by molar-refractivity contribution is 5.96. The Hall–Kier alpha value is -2.37. The van der Waals surface area contributed by atoms with E-state index in [4.69, 9.17) is 4.74 Å². The van der Waals surface area contributed by atoms with Crippen molar-refractivity contribution in [3.63, 3.8) is 0 Å². The summed E-state index contributed by atoms with van der Waals surface area (Å²) in [6.07, 6.45) is 1.10. The molecule has 1 aliphatic rings. The number of hydrogen-bond acceptors (Lipinski definition) is 4. The van der Waals surface area contributed by atoms with Gasteiger partial charge in [0.25, 0.3) is 0 Å². The lowest BCUT2D eigenvalue weighted by molar-refractivity contribution is -0.122. The van der Waals surface area contributed by atoms with Crippen molar-refractivity contribution in [2.75, 3.05) is 25.0 Å². The van der Waals surface area contributed by atoms with Crippen molar-refractivity contribution in [1.29, 1.82) is 0 Å². The molecule has 2 aromatic carbocycles. The maximum Gasteiger partial charge on any atom is 0.246 e. The quantitative estimate of drug-likeness (QED) is 0.836. The number of ether oxygens (including phenoxy) is 1. The van der Waals surface area contributed by atoms with Crippen molar-refractivity contribution in [2.45, 2.75) is 31.9 Å². The molecule has 26 heavy (non-hydrogen) atoms. The van der Waals surface area contributed by atoms with E-state index in [1.165, 1.54) is 0 Å². The SMILES string of the molecule is CCOc1ccccc1NC(=O)[C@@H](c1ccccc1)N1CCC(O)CC1. The van der Waals surface area contributed by atoms with Crippen molar-refractivity contribution < 1.29 is 14.6 Å². The molecule has 3 rings (SSSR count). The molecule has 138 valence electrons. The molecule has 5 nitrogen and oxygen atoms in total. The zero-order valence-electron chi connectivity index (χ0n) is 15.1. The number of aliphatic hydroxyl groups is 1. The molecule has 0 aromatic heterocycles. The summed E-state index contributed by atoms with van der Waals surface area (Å²) in [7, 11) is 0. The van der Waals surface area contributed by atoms with Crippen LogP contribution in [0.2, 0.25) is 0 Å². The monoisotopic (exact) mass is 354 g/mol. The first kappa shape index (κ1) is 18.4. The van der Waals surface area contributed by atoms with Gasteiger partial charge in [-0.3, -0.25) is 9.69 Å². The molecule has 1 atom stereocenters. The van der Waals surface area contributed by atoms with Gasteiger partial charge in [0, 0.05) is 13.1 Å². The van der Waals surface area contributed by atoms with Gasteiger partial charge in [0.2, 0.25) is 5.91 Å². The lowest BCUT2D eigenvalue weighted by Crippen LogP contribution is -2.43. The maximum absolute atomic E-state index is 13.2. The summed E-state index contributed by atoms with van der Waals surface area (Å²) in [5.41, 5.74) is 1.63. The van der Waals surface area contributed by atoms with Crippen LogP contribution in [-0.4, -0.2) is 41.7 Å². The second-order valence-corrected chi connectivity index (χ2v) is 6.50. The number of likely N-dealkylation sites (tertiary alicyclic amines) is 1. The fourth-order valence-electron chi connectivity index (χ4n) is 3.36. The molecular weight excluding hydrogens is 328 g/mol. The van der Waals surface area contributed by atoms with E-state index in [1.54, 1.807) is 0 Å². The number of nitrogens with one attached hydrogen (secondary N) is 1. The Balaban J connectivity index is 1.84. The van der Waals surface area contributed by atoms with Crippen LogP contribution in [0.5, 0.6) is 5.75 Å². The molecule has 2 aromatic rings. The average Bonchev–Trinajstić information content (AvgIpc) is 2.66. The predicted molar refractivity (Wildman–Crippen MR) is 102 cm³/mol. The number of aliphatic hydroxyl groups excluding tert-OH is 1. The Bertz CT molecular complexity index is 712. The summed E-state index contributed by atoms with van der Waals surface area (Å²) in [5.74, 6) is 0.587. The second kappa shape index (κ2) is 8.83. The molecule has 0 radical (unpaired) electrons. The van der Waals surface area contributed by atoms with Crippen molar-refractivity contribution >= 4 is 11.6 Å². The van der Waals surface area contributed by atoms with Crippen molar-refractivity contribution in [1.82, 2.24) is 4.90 Å². The van der Waals surface area contributed by atoms with Crippen molar-refractivity contribution in [3.8, 4) is 5.75 Å². The van der Waals surface area contributed by atoms with Gasteiger partial charge < -0.3 is 15.2 Å². The van der Waals surface area contributed by atoms with Gasteiger partial charge in [-0.05, 0) is 37.5 Å². The third-order valence-electron chi connectivity index (χ3n) is 4.67. The summed E-state index contributed by atoms with van der Waals surface area (Å²) < 4.78 is 5.62. The van der Waals surface area contributed by atoms with Crippen molar-refractivity contribution in [3.05, 3.63) is 60.2 Å². The van der Waals surface area contributed by atoms with Crippen LogP contribution in [0, 0.1) is 0 Å². The maximum atomic E-state index is 13.2. The number of rotatable bonds is 6. The van der Waals surface area contributed by atoms with Crippen LogP contribution in [0.25, 0.3) is 0 Å². The third-order valence-corrected chi connectivity index (χ3v) is 4.67. The van der Waals surface area contributed by atoms with Crippen LogP contribution in [0.4, 0.5) is 5.69 Å². The number of hydrogen-bond donors (Lipinski definition) is 2. The summed E-state index contributed by atoms with van der Waals surface area (Å²) in [5, 5.41) is 12.8. The Morgan fingerprint density at radius 3 is 2.50 bits per heavy atom. The molecule has 1 saturated heterocycles. The molecule has 5 heteroatoms. The van der Waals surface area contributed by atoms with Gasteiger partial charge in [0.05, 0.1) is 18.4 Å². The van der Waals surface area contributed by atoms with Crippen LogP contribution in [0.1, 0.15) is 31.4 Å². The van der Waals surface area contributed by atoms with Gasteiger partial charge in [-0.1, -0.05) is 42.5 Å². The van der Waals surface area contributed by atoms with E-state index in [0.29, 0.717) is 44.0 Å². The molecule has 1 fully saturated rings. The Morgan fingerprint density at radius 1 is 1.15 bits per heavy atom. The third kappa shape index (κ3) is 4.42. The number of benzene rings is 2. The Labute approximate surface area is 154 Å². The normalized spacial score (nSPS) is 16.8. The second-order valence-electron chi connectivity index (χ2n) is 6.50. The first-order chi connectivity index (χ1) is 12.7. The molecule has 1 amide bonds. The zero-order valence-corrected chi connectivity index (χ0v) is 15.1. The minimum absolute atomic E-state index is 0.0836. The van der Waals surface area contributed by atoms with E-state index >= 15 is 0 Å². The van der Waals surface area contributed by atoms with E-state index in [2.05, 4.69) is 10.2 Å². The van der Waals surface area contributed by atoms with Crippen molar-refractivity contribution in [2.24, 2.45) is 0 Å². The molecule has 1 heterocycles. The highest BCUT2D eigenvalue weighted by atomic mass is 16.5. The van der Waals surface area contributed by atoms with Gasteiger partial charge in [-0.25, -0.2) is 0 Å². The first-order valence-electron chi connectivity index (χ1n) is 9.18. The first-order valence-corrected chi connectivity index (χ1v) is 9.18. The molecule has 0 bridgehead atoms. The molecule has 2 N–H and O–H groups in total. The molecule has 0 unspecified atom stereocenters. The fourth-order valence-corrected chi connectivity index (χ4v) is 3.36. The topological polar surface area (TPSA) is 61.8 Å². The average molecular weight is 354 g/mol. The van der Waals surface area contributed by atoms with Gasteiger partial charge in [-0.2, -0.15) is 0 Å². The summed E-state index contributed by atoms with van der Waals surface area (Å²) in [6, 6.07) is 16.9. The van der Waals surface area contributed by atoms with E-state index in [1.807, 2.05) is 61.5 Å². The number of nitrogens with zero attached hydrogens (tertiary/aromatic N) is 1. The van der Waals surface area contributed by atoms with Gasteiger partial charge in [0.1, 0.15) is 11.8 Å². The number of piperidine rings is 1. The summed E-state index contributed by atoms with van der Waals surface area (Å²) in [6.45, 7) is 3.85. The van der Waals surface area contributed by atoms with E-state index in [-0.39, 0.29) is 12.0 Å². The molecule has 0 aliphatic carbocycles. The standard InChI is InChI=1S/C21H26N2O3/c1-2-26-19-11-7-6-10-18(19)22-21(25)20(16-8-4-3-5-9-16)23-14-12-17(24)13-15-23/h3-11,17,20,24H,2,12-15H2,1H3,(H,22,25)/t20-/m1/s1. The molecule has 1 aliphatic heterocycles. The molecule has 0 saturated carbocycles. The number of amides is 1. The van der Waals surface area contributed by atoms with Gasteiger partial charge >= 0.3 is 0 Å². The smallest absolute Gasteiger partial charge is 0.246 e.